The molecule has 2 atom stereocenters. The van der Waals surface area contributed by atoms with Crippen molar-refractivity contribution in [2.45, 2.75) is 64.3 Å². The number of aliphatic hydroxyl groups is 1. The Morgan fingerprint density at radius 3 is 2.72 bits per heavy atom. The molecule has 1 aromatic carbocycles. The Morgan fingerprint density at radius 1 is 1.19 bits per heavy atom. The first-order chi connectivity index (χ1) is 15.5. The van der Waals surface area contributed by atoms with Crippen molar-refractivity contribution in [1.82, 2.24) is 24.9 Å². The van der Waals surface area contributed by atoms with Gasteiger partial charge in [0.2, 0.25) is 5.89 Å². The first-order valence-electron chi connectivity index (χ1n) is 11.6. The summed E-state index contributed by atoms with van der Waals surface area (Å²) in [5.41, 5.74) is 0.986. The second kappa shape index (κ2) is 9.43. The quantitative estimate of drug-likeness (QED) is 0.576. The smallest absolute Gasteiger partial charge is 0.229 e. The fourth-order valence-electron chi connectivity index (χ4n) is 4.76. The van der Waals surface area contributed by atoms with E-state index in [1.165, 1.54) is 12.8 Å². The number of piperazine rings is 1. The highest BCUT2D eigenvalue weighted by Crippen LogP contribution is 2.33. The molecule has 2 fully saturated rings. The molecule has 0 radical (unpaired) electrons. The summed E-state index contributed by atoms with van der Waals surface area (Å²) in [5, 5.41) is 15.7. The van der Waals surface area contributed by atoms with Crippen LogP contribution in [0.4, 0.5) is 0 Å². The summed E-state index contributed by atoms with van der Waals surface area (Å²) >= 11 is 1.65. The summed E-state index contributed by atoms with van der Waals surface area (Å²) < 4.78 is 12.9. The highest BCUT2D eigenvalue weighted by Gasteiger charge is 2.30. The minimum atomic E-state index is -0.605. The fraction of sp³-hybridized carbons (Fsp3) is 0.609. The Hall–Kier alpha value is -2.07. The van der Waals surface area contributed by atoms with Crippen LogP contribution in [0.15, 0.2) is 22.7 Å². The van der Waals surface area contributed by atoms with Crippen molar-refractivity contribution in [3.8, 4) is 5.75 Å². The van der Waals surface area contributed by atoms with Crippen molar-refractivity contribution < 1.29 is 14.4 Å². The molecule has 1 saturated heterocycles. The van der Waals surface area contributed by atoms with Crippen LogP contribution in [0.5, 0.6) is 5.75 Å². The second-order valence-electron chi connectivity index (χ2n) is 8.95. The lowest BCUT2D eigenvalue weighted by Gasteiger charge is -2.39. The molecule has 32 heavy (non-hydrogen) atoms. The first kappa shape index (κ1) is 21.8. The Morgan fingerprint density at radius 2 is 1.97 bits per heavy atom. The van der Waals surface area contributed by atoms with Crippen LogP contribution in [0.3, 0.4) is 0 Å². The van der Waals surface area contributed by atoms with Gasteiger partial charge in [0.25, 0.3) is 0 Å². The maximum Gasteiger partial charge on any atom is 0.229 e. The van der Waals surface area contributed by atoms with Crippen molar-refractivity contribution in [3.63, 3.8) is 0 Å². The number of thiazole rings is 1. The van der Waals surface area contributed by atoms with Gasteiger partial charge in [-0.05, 0) is 44.9 Å². The lowest BCUT2D eigenvalue weighted by atomic mass is 10.1. The van der Waals surface area contributed by atoms with Crippen LogP contribution in [0, 0.1) is 6.92 Å². The zero-order valence-electron chi connectivity index (χ0n) is 18.7. The molecule has 8 nitrogen and oxygen atoms in total. The highest BCUT2D eigenvalue weighted by atomic mass is 32.1. The van der Waals surface area contributed by atoms with Crippen LogP contribution in [-0.4, -0.2) is 68.5 Å². The van der Waals surface area contributed by atoms with Gasteiger partial charge in [0.1, 0.15) is 11.9 Å². The van der Waals surface area contributed by atoms with Crippen molar-refractivity contribution in [2.24, 2.45) is 0 Å². The topological polar surface area (TPSA) is 87.8 Å². The average Bonchev–Trinajstić information content (AvgIpc) is 3.52. The molecule has 1 N–H and O–H groups in total. The number of benzene rings is 1. The predicted octanol–water partition coefficient (Wildman–Crippen LogP) is 3.55. The molecule has 0 bridgehead atoms. The summed E-state index contributed by atoms with van der Waals surface area (Å²) in [7, 11) is 0. The number of ether oxygens (including phenoxy) is 1. The molecule has 3 heterocycles. The summed E-state index contributed by atoms with van der Waals surface area (Å²) in [4.78, 5) is 13.7. The highest BCUT2D eigenvalue weighted by molar-refractivity contribution is 7.18. The van der Waals surface area contributed by atoms with E-state index in [4.69, 9.17) is 9.26 Å². The van der Waals surface area contributed by atoms with Gasteiger partial charge >= 0.3 is 0 Å². The molecule has 0 amide bonds. The monoisotopic (exact) mass is 457 g/mol. The molecule has 5 rings (SSSR count). The normalized spacial score (nSPS) is 20.7. The molecule has 0 spiro atoms. The van der Waals surface area contributed by atoms with E-state index in [0.717, 1.165) is 71.7 Å². The van der Waals surface area contributed by atoms with Crippen LogP contribution >= 0.6 is 11.3 Å². The molecule has 2 unspecified atom stereocenters. The summed E-state index contributed by atoms with van der Waals surface area (Å²) in [6.45, 7) is 7.85. The van der Waals surface area contributed by atoms with Crippen molar-refractivity contribution in [2.75, 3.05) is 26.2 Å². The van der Waals surface area contributed by atoms with Gasteiger partial charge in [-0.15, -0.1) is 11.3 Å². The molecule has 1 saturated carbocycles. The van der Waals surface area contributed by atoms with E-state index in [1.807, 2.05) is 25.1 Å². The van der Waals surface area contributed by atoms with E-state index in [1.54, 1.807) is 18.3 Å². The minimum Gasteiger partial charge on any atom is -0.472 e. The largest absolute Gasteiger partial charge is 0.472 e. The third-order valence-corrected chi connectivity index (χ3v) is 7.39. The number of hydrogen-bond acceptors (Lipinski definition) is 9. The first-order valence-corrected chi connectivity index (χ1v) is 12.4. The molecular weight excluding hydrogens is 426 g/mol. The molecule has 1 aliphatic heterocycles. The number of hydrogen-bond donors (Lipinski definition) is 1. The van der Waals surface area contributed by atoms with E-state index >= 15 is 0 Å². The van der Waals surface area contributed by atoms with Gasteiger partial charge in [0.05, 0.1) is 21.8 Å². The molecule has 3 aromatic rings. The maximum absolute atomic E-state index is 10.4. The fourth-order valence-corrected chi connectivity index (χ4v) is 5.61. The van der Waals surface area contributed by atoms with Crippen LogP contribution in [0.25, 0.3) is 10.2 Å². The van der Waals surface area contributed by atoms with Gasteiger partial charge in [-0.2, -0.15) is 4.98 Å². The van der Waals surface area contributed by atoms with Gasteiger partial charge in [0, 0.05) is 32.1 Å². The molecule has 2 aliphatic rings. The Kier molecular flexibility index (Phi) is 6.41. The lowest BCUT2D eigenvalue weighted by Crippen LogP contribution is -2.55. The number of fused-ring (bicyclic) bond motifs is 1. The Balaban J connectivity index is 1.17. The summed E-state index contributed by atoms with van der Waals surface area (Å²) in [6.07, 6.45) is 3.85. The van der Waals surface area contributed by atoms with Crippen LogP contribution in [-0.2, 0) is 6.54 Å². The third-order valence-electron chi connectivity index (χ3n) is 6.46. The van der Waals surface area contributed by atoms with Gasteiger partial charge in [0.15, 0.2) is 12.1 Å². The van der Waals surface area contributed by atoms with Crippen LogP contribution < -0.4 is 4.74 Å². The van der Waals surface area contributed by atoms with E-state index in [2.05, 4.69) is 24.9 Å². The second-order valence-corrected chi connectivity index (χ2v) is 10.2. The predicted molar refractivity (Wildman–Crippen MR) is 123 cm³/mol. The Labute approximate surface area is 192 Å². The van der Waals surface area contributed by atoms with Crippen LogP contribution in [0.2, 0.25) is 0 Å². The van der Waals surface area contributed by atoms with Crippen molar-refractivity contribution in [3.05, 3.63) is 34.9 Å². The van der Waals surface area contributed by atoms with Crippen molar-refractivity contribution in [1.29, 1.82) is 0 Å². The molecular formula is C23H31N5O3S. The molecule has 1 aliphatic carbocycles. The molecule has 9 heteroatoms. The van der Waals surface area contributed by atoms with E-state index in [0.29, 0.717) is 12.5 Å². The number of aryl methyl sites for hydroxylation is 1. The van der Waals surface area contributed by atoms with E-state index < -0.39 is 6.10 Å². The van der Waals surface area contributed by atoms with Gasteiger partial charge < -0.3 is 14.4 Å². The number of aromatic nitrogens is 3. The number of rotatable bonds is 7. The Bertz CT molecular complexity index is 1040. The lowest BCUT2D eigenvalue weighted by molar-refractivity contribution is -0.0753. The van der Waals surface area contributed by atoms with E-state index in [-0.39, 0.29) is 6.23 Å². The standard InChI is InChI=1S/C23H31N5O3S/c1-15(29)23(30-18-7-8-19-20(13-18)32-16(2)24-19)28-11-9-27(10-12-28)14-21-25-22(31-26-21)17-5-3-4-6-17/h7-8,13,15,17,23,29H,3-6,9-12,14H2,1-2H3. The van der Waals surface area contributed by atoms with Gasteiger partial charge in [-0.25, -0.2) is 4.98 Å². The summed E-state index contributed by atoms with van der Waals surface area (Å²) in [6, 6.07) is 5.94. The van der Waals surface area contributed by atoms with Gasteiger partial charge in [-0.1, -0.05) is 18.0 Å². The van der Waals surface area contributed by atoms with Crippen LogP contribution in [0.1, 0.15) is 55.2 Å². The summed E-state index contributed by atoms with van der Waals surface area (Å²) in [5.74, 6) is 2.80. The minimum absolute atomic E-state index is 0.386. The third kappa shape index (κ3) is 4.80. The van der Waals surface area contributed by atoms with Gasteiger partial charge in [-0.3, -0.25) is 9.80 Å². The zero-order chi connectivity index (χ0) is 22.1. The van der Waals surface area contributed by atoms with Crippen molar-refractivity contribution >= 4 is 21.6 Å². The number of nitrogens with zero attached hydrogens (tertiary/aromatic N) is 5. The zero-order valence-corrected chi connectivity index (χ0v) is 19.6. The maximum atomic E-state index is 10.4. The molecule has 172 valence electrons. The molecule has 2 aromatic heterocycles. The SMILES string of the molecule is Cc1nc2ccc(OC(C(C)O)N3CCN(Cc4noc(C5CCCC5)n4)CC3)cc2s1. The van der Waals surface area contributed by atoms with E-state index in [9.17, 15) is 5.11 Å². The average molecular weight is 458 g/mol. The number of aliphatic hydroxyl groups excluding tert-OH is 1.